The zero-order valence-electron chi connectivity index (χ0n) is 9.05. The molecule has 0 aromatic heterocycles. The van der Waals surface area contributed by atoms with Crippen molar-refractivity contribution in [3.05, 3.63) is 34.1 Å². The van der Waals surface area contributed by atoms with Crippen LogP contribution in [0, 0.1) is 11.2 Å². The first-order valence-corrected chi connectivity index (χ1v) is 5.33. The van der Waals surface area contributed by atoms with Gasteiger partial charge >= 0.3 is 0 Å². The second-order valence-electron chi connectivity index (χ2n) is 4.49. The lowest BCUT2D eigenvalue weighted by atomic mass is 9.83. The van der Waals surface area contributed by atoms with Gasteiger partial charge in [-0.15, -0.1) is 12.4 Å². The molecule has 0 radical (unpaired) electrons. The van der Waals surface area contributed by atoms with Crippen LogP contribution < -0.4 is 5.73 Å². The van der Waals surface area contributed by atoms with E-state index in [2.05, 4.69) is 15.9 Å². The highest BCUT2D eigenvalue weighted by molar-refractivity contribution is 9.10. The Labute approximate surface area is 105 Å². The Hall–Kier alpha value is -0.120. The fourth-order valence-electron chi connectivity index (χ4n) is 1.23. The van der Waals surface area contributed by atoms with Crippen molar-refractivity contribution in [3.8, 4) is 0 Å². The topological polar surface area (TPSA) is 26.0 Å². The van der Waals surface area contributed by atoms with Crippen LogP contribution in [0.2, 0.25) is 0 Å². The molecule has 0 saturated heterocycles. The molecule has 4 heteroatoms. The van der Waals surface area contributed by atoms with Gasteiger partial charge in [-0.05, 0) is 33.0 Å². The maximum atomic E-state index is 13.2. The van der Waals surface area contributed by atoms with Crippen LogP contribution in [-0.4, -0.2) is 0 Å². The zero-order valence-corrected chi connectivity index (χ0v) is 11.5. The Morgan fingerprint density at radius 1 is 1.33 bits per heavy atom. The Morgan fingerprint density at radius 3 is 2.33 bits per heavy atom. The summed E-state index contributed by atoms with van der Waals surface area (Å²) in [6.07, 6.45) is 0. The minimum absolute atomic E-state index is 0. The van der Waals surface area contributed by atoms with Crippen molar-refractivity contribution in [2.24, 2.45) is 11.1 Å². The molecular formula is C11H16BrClFN. The van der Waals surface area contributed by atoms with Gasteiger partial charge in [0.15, 0.2) is 0 Å². The van der Waals surface area contributed by atoms with E-state index in [1.54, 1.807) is 6.07 Å². The molecule has 1 nitrogen and oxygen atoms in total. The standard InChI is InChI=1S/C11H15BrFN.ClH/c1-11(2,3)10(14)7-5-4-6-8(13)9(7)12;/h4-6,10H,14H2,1-3H3;1H/t10-;/m1./s1. The Morgan fingerprint density at radius 2 is 1.87 bits per heavy atom. The van der Waals surface area contributed by atoms with Gasteiger partial charge in [-0.25, -0.2) is 4.39 Å². The van der Waals surface area contributed by atoms with Crippen molar-refractivity contribution in [1.82, 2.24) is 0 Å². The van der Waals surface area contributed by atoms with Gasteiger partial charge in [0.1, 0.15) is 5.82 Å². The van der Waals surface area contributed by atoms with Crippen LogP contribution in [0.1, 0.15) is 32.4 Å². The van der Waals surface area contributed by atoms with Crippen LogP contribution in [0.4, 0.5) is 4.39 Å². The maximum Gasteiger partial charge on any atom is 0.137 e. The van der Waals surface area contributed by atoms with E-state index in [0.717, 1.165) is 5.56 Å². The van der Waals surface area contributed by atoms with E-state index in [0.29, 0.717) is 4.47 Å². The minimum atomic E-state index is -0.262. The van der Waals surface area contributed by atoms with Crippen molar-refractivity contribution in [1.29, 1.82) is 0 Å². The second-order valence-corrected chi connectivity index (χ2v) is 5.28. The SMILES string of the molecule is CC(C)(C)[C@H](N)c1cccc(F)c1Br.Cl. The molecule has 0 aliphatic heterocycles. The molecule has 0 heterocycles. The molecule has 1 rings (SSSR count). The van der Waals surface area contributed by atoms with E-state index in [1.165, 1.54) is 6.07 Å². The largest absolute Gasteiger partial charge is 0.323 e. The number of nitrogens with two attached hydrogens (primary N) is 1. The monoisotopic (exact) mass is 295 g/mol. The molecule has 0 saturated carbocycles. The summed E-state index contributed by atoms with van der Waals surface area (Å²) in [5.74, 6) is -0.262. The van der Waals surface area contributed by atoms with Crippen LogP contribution in [0.15, 0.2) is 22.7 Å². The van der Waals surface area contributed by atoms with Gasteiger partial charge in [-0.2, -0.15) is 0 Å². The summed E-state index contributed by atoms with van der Waals surface area (Å²) in [6.45, 7) is 6.11. The average molecular weight is 297 g/mol. The predicted octanol–water partition coefficient (Wildman–Crippen LogP) is 4.06. The third-order valence-electron chi connectivity index (χ3n) is 2.25. The van der Waals surface area contributed by atoms with Crippen molar-refractivity contribution in [3.63, 3.8) is 0 Å². The van der Waals surface area contributed by atoms with Gasteiger partial charge in [0.2, 0.25) is 0 Å². The summed E-state index contributed by atoms with van der Waals surface area (Å²) >= 11 is 3.22. The van der Waals surface area contributed by atoms with Gasteiger partial charge in [0, 0.05) is 6.04 Å². The molecule has 0 spiro atoms. The summed E-state index contributed by atoms with van der Waals surface area (Å²) in [7, 11) is 0. The smallest absolute Gasteiger partial charge is 0.137 e. The molecule has 0 amide bonds. The zero-order chi connectivity index (χ0) is 10.9. The second kappa shape index (κ2) is 5.28. The molecule has 2 N–H and O–H groups in total. The third kappa shape index (κ3) is 3.44. The molecule has 0 aliphatic carbocycles. The molecule has 86 valence electrons. The molecule has 0 bridgehead atoms. The number of rotatable bonds is 1. The highest BCUT2D eigenvalue weighted by atomic mass is 79.9. The first kappa shape index (κ1) is 14.9. The van der Waals surface area contributed by atoms with E-state index in [9.17, 15) is 4.39 Å². The van der Waals surface area contributed by atoms with Crippen molar-refractivity contribution in [2.45, 2.75) is 26.8 Å². The van der Waals surface area contributed by atoms with E-state index in [4.69, 9.17) is 5.73 Å². The van der Waals surface area contributed by atoms with Crippen LogP contribution in [0.25, 0.3) is 0 Å². The normalized spacial score (nSPS) is 13.2. The van der Waals surface area contributed by atoms with E-state index in [1.807, 2.05) is 26.8 Å². The maximum absolute atomic E-state index is 13.2. The first-order valence-electron chi connectivity index (χ1n) is 4.53. The minimum Gasteiger partial charge on any atom is -0.323 e. The summed E-state index contributed by atoms with van der Waals surface area (Å²) in [6, 6.07) is 4.78. The van der Waals surface area contributed by atoms with E-state index in [-0.39, 0.29) is 29.7 Å². The molecule has 0 aliphatic rings. The Balaban J connectivity index is 0.00000196. The van der Waals surface area contributed by atoms with Gasteiger partial charge < -0.3 is 5.73 Å². The van der Waals surface area contributed by atoms with Crippen LogP contribution in [0.5, 0.6) is 0 Å². The van der Waals surface area contributed by atoms with E-state index >= 15 is 0 Å². The predicted molar refractivity (Wildman–Crippen MR) is 67.7 cm³/mol. The fourth-order valence-corrected chi connectivity index (χ4v) is 1.74. The number of hydrogen-bond donors (Lipinski definition) is 1. The van der Waals surface area contributed by atoms with Gasteiger partial charge in [0.05, 0.1) is 4.47 Å². The Bertz CT molecular complexity index is 336. The van der Waals surface area contributed by atoms with Crippen LogP contribution >= 0.6 is 28.3 Å². The fraction of sp³-hybridized carbons (Fsp3) is 0.455. The molecule has 0 fully saturated rings. The lowest BCUT2D eigenvalue weighted by molar-refractivity contribution is 0.325. The summed E-state index contributed by atoms with van der Waals surface area (Å²) in [5.41, 5.74) is 6.79. The number of benzene rings is 1. The quantitative estimate of drug-likeness (QED) is 0.831. The summed E-state index contributed by atoms with van der Waals surface area (Å²) in [5, 5.41) is 0. The lowest BCUT2D eigenvalue weighted by Crippen LogP contribution is -2.26. The Kier molecular flexibility index (Phi) is 5.24. The third-order valence-corrected chi connectivity index (χ3v) is 3.09. The van der Waals surface area contributed by atoms with Crippen molar-refractivity contribution in [2.75, 3.05) is 0 Å². The van der Waals surface area contributed by atoms with Gasteiger partial charge in [-0.1, -0.05) is 32.9 Å². The molecule has 1 aromatic rings. The summed E-state index contributed by atoms with van der Waals surface area (Å²) in [4.78, 5) is 0. The lowest BCUT2D eigenvalue weighted by Gasteiger charge is -2.28. The highest BCUT2D eigenvalue weighted by Gasteiger charge is 2.24. The van der Waals surface area contributed by atoms with E-state index < -0.39 is 0 Å². The summed E-state index contributed by atoms with van der Waals surface area (Å²) < 4.78 is 13.7. The molecule has 0 unspecified atom stereocenters. The number of halogens is 3. The number of hydrogen-bond acceptors (Lipinski definition) is 1. The van der Waals surface area contributed by atoms with Crippen molar-refractivity contribution < 1.29 is 4.39 Å². The molecule has 1 aromatic carbocycles. The molecule has 1 atom stereocenters. The van der Waals surface area contributed by atoms with Gasteiger partial charge in [0.25, 0.3) is 0 Å². The van der Waals surface area contributed by atoms with Crippen LogP contribution in [-0.2, 0) is 0 Å². The molecular weight excluding hydrogens is 280 g/mol. The van der Waals surface area contributed by atoms with Crippen LogP contribution in [0.3, 0.4) is 0 Å². The molecule has 15 heavy (non-hydrogen) atoms. The first-order chi connectivity index (χ1) is 6.34. The average Bonchev–Trinajstić information content (AvgIpc) is 2.07. The van der Waals surface area contributed by atoms with Crippen molar-refractivity contribution >= 4 is 28.3 Å². The highest BCUT2D eigenvalue weighted by Crippen LogP contribution is 2.35. The van der Waals surface area contributed by atoms with Gasteiger partial charge in [-0.3, -0.25) is 0 Å².